The Morgan fingerprint density at radius 3 is 2.53 bits per heavy atom. The maximum Gasteiger partial charge on any atom is 0.0385 e. The van der Waals surface area contributed by atoms with Crippen molar-refractivity contribution in [1.82, 2.24) is 0 Å². The second-order valence-electron chi connectivity index (χ2n) is 3.56. The molecule has 15 heavy (non-hydrogen) atoms. The van der Waals surface area contributed by atoms with Crippen LogP contribution >= 0.6 is 12.6 Å². The van der Waals surface area contributed by atoms with Gasteiger partial charge in [0.2, 0.25) is 0 Å². The van der Waals surface area contributed by atoms with Gasteiger partial charge in [0.25, 0.3) is 0 Å². The largest absolute Gasteiger partial charge is 0.372 e. The van der Waals surface area contributed by atoms with E-state index in [2.05, 4.69) is 55.6 Å². The standard InChI is InChI=1S/C12H20N2S/c1-3-14(4-2)11-7-5-6-10(8-11)12(13)9-15/h5-8,12,15H,3-4,9,13H2,1-2H3. The molecule has 0 radical (unpaired) electrons. The van der Waals surface area contributed by atoms with Gasteiger partial charge in [-0.3, -0.25) is 0 Å². The van der Waals surface area contributed by atoms with E-state index < -0.39 is 0 Å². The Labute approximate surface area is 97.9 Å². The third kappa shape index (κ3) is 3.14. The molecule has 1 aromatic rings. The van der Waals surface area contributed by atoms with Gasteiger partial charge in [-0.05, 0) is 31.5 Å². The van der Waals surface area contributed by atoms with Crippen molar-refractivity contribution in [1.29, 1.82) is 0 Å². The minimum absolute atomic E-state index is 0.0313. The monoisotopic (exact) mass is 224 g/mol. The minimum Gasteiger partial charge on any atom is -0.372 e. The highest BCUT2D eigenvalue weighted by Gasteiger charge is 2.06. The lowest BCUT2D eigenvalue weighted by Crippen LogP contribution is -2.22. The molecule has 0 aliphatic carbocycles. The summed E-state index contributed by atoms with van der Waals surface area (Å²) in [7, 11) is 0. The second-order valence-corrected chi connectivity index (χ2v) is 3.92. The molecule has 0 heterocycles. The highest BCUT2D eigenvalue weighted by molar-refractivity contribution is 7.80. The number of anilines is 1. The van der Waals surface area contributed by atoms with Gasteiger partial charge in [0.1, 0.15) is 0 Å². The molecule has 1 rings (SSSR count). The normalized spacial score (nSPS) is 12.5. The van der Waals surface area contributed by atoms with Gasteiger partial charge in [-0.2, -0.15) is 12.6 Å². The van der Waals surface area contributed by atoms with Crippen LogP contribution in [0, 0.1) is 0 Å². The van der Waals surface area contributed by atoms with Crippen LogP contribution in [0.1, 0.15) is 25.5 Å². The van der Waals surface area contributed by atoms with Gasteiger partial charge >= 0.3 is 0 Å². The highest BCUT2D eigenvalue weighted by Crippen LogP contribution is 2.20. The zero-order valence-corrected chi connectivity index (χ0v) is 10.4. The zero-order chi connectivity index (χ0) is 11.3. The first-order valence-corrected chi connectivity index (χ1v) is 6.07. The predicted molar refractivity (Wildman–Crippen MR) is 70.8 cm³/mol. The average Bonchev–Trinajstić information content (AvgIpc) is 2.30. The summed E-state index contributed by atoms with van der Waals surface area (Å²) in [5, 5.41) is 0. The van der Waals surface area contributed by atoms with Crippen LogP contribution in [0.5, 0.6) is 0 Å². The van der Waals surface area contributed by atoms with Gasteiger partial charge < -0.3 is 10.6 Å². The number of hydrogen-bond acceptors (Lipinski definition) is 3. The number of nitrogens with two attached hydrogens (primary N) is 1. The molecule has 1 aromatic carbocycles. The Balaban J connectivity index is 2.91. The quantitative estimate of drug-likeness (QED) is 0.752. The Morgan fingerprint density at radius 1 is 1.33 bits per heavy atom. The van der Waals surface area contributed by atoms with Crippen molar-refractivity contribution in [2.45, 2.75) is 19.9 Å². The van der Waals surface area contributed by atoms with E-state index in [0.717, 1.165) is 18.7 Å². The Kier molecular flexibility index (Phi) is 4.99. The van der Waals surface area contributed by atoms with E-state index in [1.54, 1.807) is 0 Å². The number of hydrogen-bond donors (Lipinski definition) is 2. The third-order valence-corrected chi connectivity index (χ3v) is 3.02. The van der Waals surface area contributed by atoms with Crippen molar-refractivity contribution in [3.05, 3.63) is 29.8 Å². The molecule has 0 aliphatic heterocycles. The van der Waals surface area contributed by atoms with Gasteiger partial charge in [-0.1, -0.05) is 12.1 Å². The minimum atomic E-state index is 0.0313. The number of rotatable bonds is 5. The lowest BCUT2D eigenvalue weighted by Gasteiger charge is -2.22. The van der Waals surface area contributed by atoms with Crippen LogP contribution in [-0.2, 0) is 0 Å². The van der Waals surface area contributed by atoms with Crippen molar-refractivity contribution >= 4 is 18.3 Å². The molecule has 1 unspecified atom stereocenters. The van der Waals surface area contributed by atoms with Gasteiger partial charge in [0.15, 0.2) is 0 Å². The number of nitrogens with zero attached hydrogens (tertiary/aromatic N) is 1. The lowest BCUT2D eigenvalue weighted by atomic mass is 10.1. The summed E-state index contributed by atoms with van der Waals surface area (Å²) in [4.78, 5) is 2.31. The number of benzene rings is 1. The molecule has 2 nitrogen and oxygen atoms in total. The third-order valence-electron chi connectivity index (χ3n) is 2.62. The average molecular weight is 224 g/mol. The maximum atomic E-state index is 5.95. The van der Waals surface area contributed by atoms with Crippen LogP contribution in [0.4, 0.5) is 5.69 Å². The van der Waals surface area contributed by atoms with Crippen molar-refractivity contribution in [3.63, 3.8) is 0 Å². The van der Waals surface area contributed by atoms with Gasteiger partial charge in [-0.15, -0.1) is 0 Å². The smallest absolute Gasteiger partial charge is 0.0385 e. The van der Waals surface area contributed by atoms with Crippen molar-refractivity contribution in [2.75, 3.05) is 23.7 Å². The lowest BCUT2D eigenvalue weighted by molar-refractivity contribution is 0.824. The highest BCUT2D eigenvalue weighted by atomic mass is 32.1. The molecule has 0 saturated heterocycles. The first-order chi connectivity index (χ1) is 7.22. The van der Waals surface area contributed by atoms with Gasteiger partial charge in [0.05, 0.1) is 0 Å². The summed E-state index contributed by atoms with van der Waals surface area (Å²) in [6.45, 7) is 6.37. The van der Waals surface area contributed by atoms with Crippen LogP contribution < -0.4 is 10.6 Å². The number of thiol groups is 1. The fourth-order valence-corrected chi connectivity index (χ4v) is 1.86. The topological polar surface area (TPSA) is 29.3 Å². The van der Waals surface area contributed by atoms with E-state index in [4.69, 9.17) is 5.73 Å². The van der Waals surface area contributed by atoms with Crippen molar-refractivity contribution < 1.29 is 0 Å². The molecule has 0 bridgehead atoms. The molecule has 1 atom stereocenters. The van der Waals surface area contributed by atoms with E-state index in [-0.39, 0.29) is 6.04 Å². The van der Waals surface area contributed by atoms with Crippen molar-refractivity contribution in [2.24, 2.45) is 5.73 Å². The first kappa shape index (κ1) is 12.4. The molecule has 0 amide bonds. The summed E-state index contributed by atoms with van der Waals surface area (Å²) >= 11 is 4.22. The molecule has 0 spiro atoms. The Hall–Kier alpha value is -0.670. The Bertz CT molecular complexity index is 297. The molecule has 3 heteroatoms. The van der Waals surface area contributed by atoms with E-state index in [1.165, 1.54) is 5.69 Å². The summed E-state index contributed by atoms with van der Waals surface area (Å²) in [6.07, 6.45) is 0. The van der Waals surface area contributed by atoms with Crippen LogP contribution in [0.2, 0.25) is 0 Å². The predicted octanol–water partition coefficient (Wildman–Crippen LogP) is 2.46. The summed E-state index contributed by atoms with van der Waals surface area (Å²) in [6, 6.07) is 8.44. The molecular formula is C12H20N2S. The molecular weight excluding hydrogens is 204 g/mol. The fourth-order valence-electron chi connectivity index (χ4n) is 1.65. The van der Waals surface area contributed by atoms with Crippen LogP contribution in [0.3, 0.4) is 0 Å². The van der Waals surface area contributed by atoms with E-state index in [0.29, 0.717) is 5.75 Å². The molecule has 0 aliphatic rings. The molecule has 0 fully saturated rings. The summed E-state index contributed by atoms with van der Waals surface area (Å²) < 4.78 is 0. The zero-order valence-electron chi connectivity index (χ0n) is 9.48. The van der Waals surface area contributed by atoms with Gasteiger partial charge in [0, 0.05) is 30.6 Å². The maximum absolute atomic E-state index is 5.95. The van der Waals surface area contributed by atoms with Crippen molar-refractivity contribution in [3.8, 4) is 0 Å². The SMILES string of the molecule is CCN(CC)c1cccc(C(N)CS)c1. The van der Waals surface area contributed by atoms with Gasteiger partial charge in [-0.25, -0.2) is 0 Å². The molecule has 0 saturated carbocycles. The summed E-state index contributed by atoms with van der Waals surface area (Å²) in [5.41, 5.74) is 8.36. The molecule has 0 aromatic heterocycles. The van der Waals surface area contributed by atoms with E-state index in [1.807, 2.05) is 0 Å². The second kappa shape index (κ2) is 6.03. The molecule has 84 valence electrons. The summed E-state index contributed by atoms with van der Waals surface area (Å²) in [5.74, 6) is 0.682. The van der Waals surface area contributed by atoms with Crippen LogP contribution in [0.15, 0.2) is 24.3 Å². The first-order valence-electron chi connectivity index (χ1n) is 5.44. The van der Waals surface area contributed by atoms with E-state index in [9.17, 15) is 0 Å². The van der Waals surface area contributed by atoms with Crippen LogP contribution in [0.25, 0.3) is 0 Å². The van der Waals surface area contributed by atoms with Crippen LogP contribution in [-0.4, -0.2) is 18.8 Å². The molecule has 2 N–H and O–H groups in total. The Morgan fingerprint density at radius 2 is 2.00 bits per heavy atom. The van der Waals surface area contributed by atoms with E-state index >= 15 is 0 Å². The fraction of sp³-hybridized carbons (Fsp3) is 0.500.